The van der Waals surface area contributed by atoms with Crippen molar-refractivity contribution in [2.75, 3.05) is 36.8 Å². The molecule has 3 rings (SSSR count). The summed E-state index contributed by atoms with van der Waals surface area (Å²) in [5, 5.41) is 11.3. The Labute approximate surface area is 140 Å². The van der Waals surface area contributed by atoms with E-state index in [2.05, 4.69) is 21.4 Å². The number of piperazine rings is 1. The summed E-state index contributed by atoms with van der Waals surface area (Å²) >= 11 is 1.79. The fourth-order valence-electron chi connectivity index (χ4n) is 2.68. The van der Waals surface area contributed by atoms with Crippen LogP contribution in [0.1, 0.15) is 12.0 Å². The average molecular weight is 326 g/mol. The van der Waals surface area contributed by atoms with Crippen molar-refractivity contribution >= 4 is 23.5 Å². The number of hydrogen-bond acceptors (Lipinski definition) is 5. The molecule has 0 spiro atoms. The van der Waals surface area contributed by atoms with E-state index in [4.69, 9.17) is 5.26 Å². The average Bonchev–Trinajstić information content (AvgIpc) is 3.13. The summed E-state index contributed by atoms with van der Waals surface area (Å²) in [7, 11) is 0. The van der Waals surface area contributed by atoms with Gasteiger partial charge in [0.1, 0.15) is 11.9 Å². The highest BCUT2D eigenvalue weighted by molar-refractivity contribution is 8.02. The van der Waals surface area contributed by atoms with Gasteiger partial charge >= 0.3 is 0 Å². The first-order valence-electron chi connectivity index (χ1n) is 7.65. The minimum atomic E-state index is 0.0592. The highest BCUT2D eigenvalue weighted by Gasteiger charge is 2.22. The quantitative estimate of drug-likeness (QED) is 0.797. The first-order chi connectivity index (χ1) is 11.3. The highest BCUT2D eigenvalue weighted by atomic mass is 32.2. The number of thioether (sulfide) groups is 1. The van der Waals surface area contributed by atoms with E-state index in [1.165, 1.54) is 5.57 Å². The Hall–Kier alpha value is -2.26. The predicted molar refractivity (Wildman–Crippen MR) is 92.0 cm³/mol. The van der Waals surface area contributed by atoms with Gasteiger partial charge in [-0.1, -0.05) is 6.08 Å². The van der Waals surface area contributed by atoms with Gasteiger partial charge in [-0.3, -0.25) is 4.79 Å². The molecule has 2 aliphatic rings. The van der Waals surface area contributed by atoms with Crippen LogP contribution in [0.4, 0.5) is 5.82 Å². The molecule has 1 aromatic heterocycles. The van der Waals surface area contributed by atoms with Crippen LogP contribution in [0.15, 0.2) is 41.5 Å². The number of aromatic nitrogens is 1. The van der Waals surface area contributed by atoms with Gasteiger partial charge in [0.15, 0.2) is 0 Å². The lowest BCUT2D eigenvalue weighted by molar-refractivity contribution is -0.126. The second-order valence-electron chi connectivity index (χ2n) is 5.45. The summed E-state index contributed by atoms with van der Waals surface area (Å²) in [4.78, 5) is 20.5. The summed E-state index contributed by atoms with van der Waals surface area (Å²) < 4.78 is 0. The summed E-state index contributed by atoms with van der Waals surface area (Å²) in [5.41, 5.74) is 1.81. The Kier molecular flexibility index (Phi) is 4.99. The van der Waals surface area contributed by atoms with E-state index in [0.29, 0.717) is 37.6 Å². The van der Waals surface area contributed by atoms with Crippen LogP contribution in [0.3, 0.4) is 0 Å². The lowest BCUT2D eigenvalue weighted by Crippen LogP contribution is -2.48. The lowest BCUT2D eigenvalue weighted by atomic mass is 10.2. The van der Waals surface area contributed by atoms with E-state index in [1.807, 2.05) is 11.0 Å². The van der Waals surface area contributed by atoms with E-state index >= 15 is 0 Å². The van der Waals surface area contributed by atoms with Crippen LogP contribution < -0.4 is 4.90 Å². The van der Waals surface area contributed by atoms with Gasteiger partial charge in [-0.25, -0.2) is 4.98 Å². The van der Waals surface area contributed by atoms with E-state index in [0.717, 1.165) is 12.2 Å². The van der Waals surface area contributed by atoms with E-state index < -0.39 is 0 Å². The maximum Gasteiger partial charge on any atom is 0.246 e. The van der Waals surface area contributed by atoms with Crippen LogP contribution >= 0.6 is 11.8 Å². The molecule has 0 bridgehead atoms. The fourth-order valence-corrected chi connectivity index (χ4v) is 3.56. The lowest BCUT2D eigenvalue weighted by Gasteiger charge is -2.35. The molecule has 0 aliphatic carbocycles. The minimum Gasteiger partial charge on any atom is -0.352 e. The second-order valence-corrected chi connectivity index (χ2v) is 6.42. The molecule has 5 nitrogen and oxygen atoms in total. The fraction of sp³-hybridized carbons (Fsp3) is 0.353. The molecule has 0 saturated carbocycles. The van der Waals surface area contributed by atoms with Gasteiger partial charge in [0, 0.05) is 44.2 Å². The van der Waals surface area contributed by atoms with Gasteiger partial charge in [0.05, 0.1) is 5.56 Å². The number of rotatable bonds is 3. The van der Waals surface area contributed by atoms with Crippen molar-refractivity contribution in [1.29, 1.82) is 5.26 Å². The molecule has 118 valence electrons. The summed E-state index contributed by atoms with van der Waals surface area (Å²) in [6, 6.07) is 5.71. The van der Waals surface area contributed by atoms with Crippen molar-refractivity contribution in [3.8, 4) is 6.07 Å². The molecule has 6 heteroatoms. The van der Waals surface area contributed by atoms with E-state index in [-0.39, 0.29) is 5.91 Å². The van der Waals surface area contributed by atoms with Gasteiger partial charge < -0.3 is 9.80 Å². The van der Waals surface area contributed by atoms with Crippen LogP contribution in [-0.4, -0.2) is 47.7 Å². The van der Waals surface area contributed by atoms with Gasteiger partial charge in [-0.2, -0.15) is 5.26 Å². The van der Waals surface area contributed by atoms with Gasteiger partial charge in [-0.15, -0.1) is 11.8 Å². The van der Waals surface area contributed by atoms with Crippen LogP contribution in [0, 0.1) is 11.3 Å². The van der Waals surface area contributed by atoms with Crippen molar-refractivity contribution in [2.24, 2.45) is 0 Å². The Morgan fingerprint density at radius 1 is 1.35 bits per heavy atom. The molecule has 1 amide bonds. The minimum absolute atomic E-state index is 0.0592. The number of pyridine rings is 1. The molecule has 1 saturated heterocycles. The van der Waals surface area contributed by atoms with Crippen molar-refractivity contribution in [2.45, 2.75) is 6.42 Å². The first kappa shape index (κ1) is 15.6. The first-order valence-corrected chi connectivity index (χ1v) is 8.70. The van der Waals surface area contributed by atoms with Gasteiger partial charge in [0.25, 0.3) is 0 Å². The standard InChI is InChI=1S/C17H18N4OS/c18-12-15-2-1-6-19-17(15)21-9-7-20(8-10-21)16(22)4-3-14-5-11-23-13-14/h1-4,6,13H,5,7-11H2/b4-3+. The number of anilines is 1. The SMILES string of the molecule is N#Cc1cccnc1N1CCN(C(=O)/C=C/C2=CSCC2)CC1. The zero-order valence-corrected chi connectivity index (χ0v) is 13.6. The highest BCUT2D eigenvalue weighted by Crippen LogP contribution is 2.22. The van der Waals surface area contributed by atoms with E-state index in [9.17, 15) is 4.79 Å². The topological polar surface area (TPSA) is 60.2 Å². The number of nitrogens with zero attached hydrogens (tertiary/aromatic N) is 4. The van der Waals surface area contributed by atoms with Gasteiger partial charge in [0.2, 0.25) is 5.91 Å². The third-order valence-electron chi connectivity index (χ3n) is 3.98. The number of carbonyl (C=O) groups excluding carboxylic acids is 1. The number of nitriles is 1. The van der Waals surface area contributed by atoms with Crippen LogP contribution in [0.25, 0.3) is 0 Å². The largest absolute Gasteiger partial charge is 0.352 e. The molecule has 2 aliphatic heterocycles. The maximum atomic E-state index is 12.2. The molecule has 0 N–H and O–H groups in total. The van der Waals surface area contributed by atoms with Crippen LogP contribution in [-0.2, 0) is 4.79 Å². The molecule has 1 aromatic rings. The van der Waals surface area contributed by atoms with Crippen LogP contribution in [0.5, 0.6) is 0 Å². The van der Waals surface area contributed by atoms with Crippen molar-refractivity contribution in [1.82, 2.24) is 9.88 Å². The molecular formula is C17H18N4OS. The Morgan fingerprint density at radius 2 is 2.17 bits per heavy atom. The predicted octanol–water partition coefficient (Wildman–Crippen LogP) is 2.18. The second kappa shape index (κ2) is 7.34. The monoisotopic (exact) mass is 326 g/mol. The van der Waals surface area contributed by atoms with Crippen molar-refractivity contribution in [3.63, 3.8) is 0 Å². The molecule has 0 aromatic carbocycles. The third kappa shape index (κ3) is 3.74. The summed E-state index contributed by atoms with van der Waals surface area (Å²) in [6.07, 6.45) is 6.35. The molecule has 3 heterocycles. The number of allylic oxidation sites excluding steroid dienone is 2. The smallest absolute Gasteiger partial charge is 0.246 e. The number of hydrogen-bond donors (Lipinski definition) is 0. The van der Waals surface area contributed by atoms with Gasteiger partial charge in [-0.05, 0) is 29.5 Å². The summed E-state index contributed by atoms with van der Waals surface area (Å²) in [6.45, 7) is 2.70. The number of carbonyl (C=O) groups is 1. The normalized spacial score (nSPS) is 18.1. The van der Waals surface area contributed by atoms with Crippen molar-refractivity contribution in [3.05, 3.63) is 47.0 Å². The maximum absolute atomic E-state index is 12.2. The third-order valence-corrected chi connectivity index (χ3v) is 4.89. The molecule has 0 radical (unpaired) electrons. The Morgan fingerprint density at radius 3 is 2.87 bits per heavy atom. The molecule has 1 fully saturated rings. The van der Waals surface area contributed by atoms with Crippen LogP contribution in [0.2, 0.25) is 0 Å². The Bertz CT molecular complexity index is 684. The zero-order valence-electron chi connectivity index (χ0n) is 12.8. The zero-order chi connectivity index (χ0) is 16.1. The van der Waals surface area contributed by atoms with Crippen molar-refractivity contribution < 1.29 is 4.79 Å². The molecule has 0 unspecified atom stereocenters. The Balaban J connectivity index is 1.58. The van der Waals surface area contributed by atoms with E-state index in [1.54, 1.807) is 36.2 Å². The summed E-state index contributed by atoms with van der Waals surface area (Å²) in [5.74, 6) is 1.88. The number of amides is 1. The molecular weight excluding hydrogens is 308 g/mol. The molecule has 0 atom stereocenters. The molecule has 23 heavy (non-hydrogen) atoms.